The minimum atomic E-state index is 0.437. The van der Waals surface area contributed by atoms with Crippen LogP contribution in [0, 0.1) is 0 Å². The summed E-state index contributed by atoms with van der Waals surface area (Å²) in [4.78, 5) is 0. The Morgan fingerprint density at radius 3 is 2.53 bits per heavy atom. The molecule has 3 atom stereocenters. The predicted octanol–water partition coefficient (Wildman–Crippen LogP) is 5.80. The molecule has 30 heavy (non-hydrogen) atoms. The van der Waals surface area contributed by atoms with Crippen LogP contribution in [0.2, 0.25) is 0 Å². The number of hydrogen-bond acceptors (Lipinski definition) is 3. The molecule has 0 amide bonds. The van der Waals surface area contributed by atoms with Crippen LogP contribution in [-0.2, 0) is 13.0 Å². The van der Waals surface area contributed by atoms with E-state index >= 15 is 0 Å². The van der Waals surface area contributed by atoms with Gasteiger partial charge in [0.25, 0.3) is 0 Å². The highest BCUT2D eigenvalue weighted by molar-refractivity contribution is 5.40. The Morgan fingerprint density at radius 1 is 0.933 bits per heavy atom. The maximum atomic E-state index is 5.93. The van der Waals surface area contributed by atoms with Gasteiger partial charge >= 0.3 is 0 Å². The first-order chi connectivity index (χ1) is 14.8. The lowest BCUT2D eigenvalue weighted by atomic mass is 9.87. The maximum absolute atomic E-state index is 5.93. The summed E-state index contributed by atoms with van der Waals surface area (Å²) in [6, 6.07) is 26.5. The minimum absolute atomic E-state index is 0.437. The van der Waals surface area contributed by atoms with E-state index in [0.29, 0.717) is 24.6 Å². The molecule has 3 aromatic rings. The monoisotopic (exact) mass is 399 g/mol. The largest absolute Gasteiger partial charge is 0.497 e. The normalized spacial score (nSPS) is 22.2. The molecular formula is C27H29NO2. The summed E-state index contributed by atoms with van der Waals surface area (Å²) in [6.07, 6.45) is 4.84. The zero-order valence-corrected chi connectivity index (χ0v) is 17.5. The van der Waals surface area contributed by atoms with Crippen molar-refractivity contribution in [1.29, 1.82) is 0 Å². The van der Waals surface area contributed by atoms with Gasteiger partial charge in [0.05, 0.1) is 7.11 Å². The van der Waals surface area contributed by atoms with Crippen LogP contribution < -0.4 is 14.8 Å². The number of aryl methyl sites for hydroxylation is 1. The molecule has 0 radical (unpaired) electrons. The molecule has 2 aliphatic carbocycles. The quantitative estimate of drug-likeness (QED) is 0.545. The fourth-order valence-corrected chi connectivity index (χ4v) is 4.64. The van der Waals surface area contributed by atoms with Crippen molar-refractivity contribution in [2.45, 2.75) is 50.3 Å². The molecule has 0 aliphatic heterocycles. The number of benzene rings is 3. The molecule has 1 fully saturated rings. The van der Waals surface area contributed by atoms with Gasteiger partial charge in [0.2, 0.25) is 0 Å². The van der Waals surface area contributed by atoms with Gasteiger partial charge in [0, 0.05) is 18.0 Å². The van der Waals surface area contributed by atoms with Crippen molar-refractivity contribution in [1.82, 2.24) is 5.32 Å². The fraction of sp³-hybridized carbons (Fsp3) is 0.333. The standard InChI is InChI=1S/C27H29NO2/c1-29-23-15-12-20-8-5-9-26(24(20)16-23)28-27-17-25(27)21-10-13-22(14-11-21)30-18-19-6-3-2-4-7-19/h2-4,6-7,10-16,25-28H,5,8-9,17-18H2,1H3. The van der Waals surface area contributed by atoms with Gasteiger partial charge in [-0.05, 0) is 72.2 Å². The van der Waals surface area contributed by atoms with Crippen LogP contribution in [0.1, 0.15) is 53.5 Å². The maximum Gasteiger partial charge on any atom is 0.119 e. The third-order valence-corrected chi connectivity index (χ3v) is 6.43. The van der Waals surface area contributed by atoms with Crippen molar-refractivity contribution in [2.75, 3.05) is 7.11 Å². The summed E-state index contributed by atoms with van der Waals surface area (Å²) in [5, 5.41) is 3.92. The third kappa shape index (κ3) is 4.22. The summed E-state index contributed by atoms with van der Waals surface area (Å²) in [6.45, 7) is 0.609. The van der Waals surface area contributed by atoms with E-state index in [9.17, 15) is 0 Å². The number of hydrogen-bond donors (Lipinski definition) is 1. The van der Waals surface area contributed by atoms with Crippen LogP contribution in [0.25, 0.3) is 0 Å². The van der Waals surface area contributed by atoms with Gasteiger partial charge in [0.1, 0.15) is 18.1 Å². The van der Waals surface area contributed by atoms with Gasteiger partial charge < -0.3 is 14.8 Å². The molecule has 0 heterocycles. The lowest BCUT2D eigenvalue weighted by molar-refractivity contribution is 0.306. The molecule has 2 aliphatic rings. The zero-order chi connectivity index (χ0) is 20.3. The minimum Gasteiger partial charge on any atom is -0.497 e. The van der Waals surface area contributed by atoms with E-state index in [0.717, 1.165) is 11.5 Å². The topological polar surface area (TPSA) is 30.5 Å². The van der Waals surface area contributed by atoms with Crippen LogP contribution >= 0.6 is 0 Å². The average molecular weight is 400 g/mol. The molecule has 0 aromatic heterocycles. The second kappa shape index (κ2) is 8.53. The smallest absolute Gasteiger partial charge is 0.119 e. The van der Waals surface area contributed by atoms with Gasteiger partial charge in [-0.3, -0.25) is 0 Å². The van der Waals surface area contributed by atoms with Crippen molar-refractivity contribution < 1.29 is 9.47 Å². The summed E-state index contributed by atoms with van der Waals surface area (Å²) in [5.74, 6) is 2.49. The van der Waals surface area contributed by atoms with E-state index in [-0.39, 0.29) is 0 Å². The van der Waals surface area contributed by atoms with Crippen molar-refractivity contribution >= 4 is 0 Å². The number of nitrogens with one attached hydrogen (secondary N) is 1. The summed E-state index contributed by atoms with van der Waals surface area (Å²) >= 11 is 0. The van der Waals surface area contributed by atoms with Gasteiger partial charge in [-0.15, -0.1) is 0 Å². The number of rotatable bonds is 7. The summed E-state index contributed by atoms with van der Waals surface area (Å²) in [5.41, 5.74) is 5.49. The summed E-state index contributed by atoms with van der Waals surface area (Å²) < 4.78 is 11.4. The zero-order valence-electron chi connectivity index (χ0n) is 17.5. The van der Waals surface area contributed by atoms with E-state index in [2.05, 4.69) is 59.9 Å². The lowest BCUT2D eigenvalue weighted by Gasteiger charge is -2.27. The molecule has 154 valence electrons. The van der Waals surface area contributed by atoms with Crippen molar-refractivity contribution in [3.63, 3.8) is 0 Å². The predicted molar refractivity (Wildman–Crippen MR) is 120 cm³/mol. The van der Waals surface area contributed by atoms with Crippen LogP contribution in [0.5, 0.6) is 11.5 Å². The Kier molecular flexibility index (Phi) is 5.46. The second-order valence-corrected chi connectivity index (χ2v) is 8.47. The van der Waals surface area contributed by atoms with Crippen molar-refractivity contribution in [2.24, 2.45) is 0 Å². The van der Waals surface area contributed by atoms with Crippen LogP contribution in [-0.4, -0.2) is 13.2 Å². The number of methoxy groups -OCH3 is 1. The molecular weight excluding hydrogens is 370 g/mol. The molecule has 1 N–H and O–H groups in total. The summed E-state index contributed by atoms with van der Waals surface area (Å²) in [7, 11) is 1.75. The second-order valence-electron chi connectivity index (χ2n) is 8.47. The van der Waals surface area contributed by atoms with E-state index < -0.39 is 0 Å². The van der Waals surface area contributed by atoms with Crippen molar-refractivity contribution in [3.8, 4) is 11.5 Å². The lowest BCUT2D eigenvalue weighted by Crippen LogP contribution is -2.27. The van der Waals surface area contributed by atoms with Gasteiger partial charge in [-0.25, -0.2) is 0 Å². The van der Waals surface area contributed by atoms with Crippen LogP contribution in [0.4, 0.5) is 0 Å². The van der Waals surface area contributed by atoms with E-state index in [1.807, 2.05) is 18.2 Å². The Labute approximate surface area is 179 Å². The highest BCUT2D eigenvalue weighted by Crippen LogP contribution is 2.44. The average Bonchev–Trinajstić information content (AvgIpc) is 3.58. The van der Waals surface area contributed by atoms with E-state index in [1.165, 1.54) is 47.9 Å². The highest BCUT2D eigenvalue weighted by atomic mass is 16.5. The first-order valence-corrected chi connectivity index (χ1v) is 11.0. The Morgan fingerprint density at radius 2 is 1.73 bits per heavy atom. The molecule has 3 nitrogen and oxygen atoms in total. The Balaban J connectivity index is 1.19. The first kappa shape index (κ1) is 19.2. The van der Waals surface area contributed by atoms with Gasteiger partial charge in [-0.1, -0.05) is 48.5 Å². The highest BCUT2D eigenvalue weighted by Gasteiger charge is 2.40. The molecule has 3 heteroatoms. The van der Waals surface area contributed by atoms with Crippen LogP contribution in [0.15, 0.2) is 72.8 Å². The van der Waals surface area contributed by atoms with Gasteiger partial charge in [0.15, 0.2) is 0 Å². The SMILES string of the molecule is COc1ccc2c(c1)C(NC1CC1c1ccc(OCc3ccccc3)cc1)CCC2. The van der Waals surface area contributed by atoms with E-state index in [4.69, 9.17) is 9.47 Å². The first-order valence-electron chi connectivity index (χ1n) is 11.0. The molecule has 3 aromatic carbocycles. The fourth-order valence-electron chi connectivity index (χ4n) is 4.64. The Hall–Kier alpha value is -2.78. The Bertz CT molecular complexity index is 984. The van der Waals surface area contributed by atoms with Crippen LogP contribution in [0.3, 0.4) is 0 Å². The van der Waals surface area contributed by atoms with E-state index in [1.54, 1.807) is 7.11 Å². The molecule has 1 saturated carbocycles. The molecule has 0 saturated heterocycles. The molecule has 3 unspecified atom stereocenters. The number of fused-ring (bicyclic) bond motifs is 1. The third-order valence-electron chi connectivity index (χ3n) is 6.43. The molecule has 5 rings (SSSR count). The van der Waals surface area contributed by atoms with Gasteiger partial charge in [-0.2, -0.15) is 0 Å². The molecule has 0 spiro atoms. The van der Waals surface area contributed by atoms with Crippen molar-refractivity contribution in [3.05, 3.63) is 95.1 Å². The number of ether oxygens (including phenoxy) is 2. The molecule has 0 bridgehead atoms.